The maximum atomic E-state index is 11.4. The van der Waals surface area contributed by atoms with Crippen LogP contribution in [-0.2, 0) is 6.54 Å². The Bertz CT molecular complexity index is 660. The number of carboxylic acids is 1. The van der Waals surface area contributed by atoms with Gasteiger partial charge < -0.3 is 10.4 Å². The number of rotatable bonds is 5. The molecule has 4 heteroatoms. The molecular weight excluding hydrogens is 270 g/mol. The second-order valence-electron chi connectivity index (χ2n) is 6.23. The number of fused-ring (bicyclic) bond motifs is 1. The van der Waals surface area contributed by atoms with Crippen LogP contribution in [0.25, 0.3) is 10.1 Å². The fraction of sp³-hybridized carbons (Fsp3) is 0.438. The highest BCUT2D eigenvalue weighted by molar-refractivity contribution is 7.21. The fourth-order valence-electron chi connectivity index (χ4n) is 2.74. The number of aromatic carboxylic acids is 1. The molecule has 1 fully saturated rings. The van der Waals surface area contributed by atoms with Crippen LogP contribution in [0.4, 0.5) is 0 Å². The summed E-state index contributed by atoms with van der Waals surface area (Å²) < 4.78 is 1.05. The van der Waals surface area contributed by atoms with E-state index in [1.54, 1.807) is 0 Å². The summed E-state index contributed by atoms with van der Waals surface area (Å²) in [7, 11) is 0. The number of hydrogen-bond donors (Lipinski definition) is 2. The molecule has 0 spiro atoms. The van der Waals surface area contributed by atoms with E-state index in [1.165, 1.54) is 17.8 Å². The Morgan fingerprint density at radius 2 is 2.15 bits per heavy atom. The third kappa shape index (κ3) is 2.45. The number of benzene rings is 1. The molecule has 0 aliphatic heterocycles. The van der Waals surface area contributed by atoms with Gasteiger partial charge in [-0.25, -0.2) is 4.79 Å². The van der Waals surface area contributed by atoms with E-state index in [0.29, 0.717) is 16.8 Å². The second-order valence-corrected chi connectivity index (χ2v) is 7.28. The third-order valence-electron chi connectivity index (χ3n) is 4.30. The van der Waals surface area contributed by atoms with Crippen molar-refractivity contribution in [2.24, 2.45) is 11.3 Å². The summed E-state index contributed by atoms with van der Waals surface area (Å²) in [6.45, 7) is 6.17. The molecule has 0 saturated heterocycles. The highest BCUT2D eigenvalue weighted by atomic mass is 32.1. The summed E-state index contributed by atoms with van der Waals surface area (Å²) >= 11 is 1.37. The summed E-state index contributed by atoms with van der Waals surface area (Å²) in [6.07, 6.45) is 1.26. The number of nitrogens with one attached hydrogen (secondary N) is 1. The van der Waals surface area contributed by atoms with Crippen molar-refractivity contribution in [1.29, 1.82) is 0 Å². The molecule has 0 amide bonds. The highest BCUT2D eigenvalue weighted by Crippen LogP contribution is 2.51. The molecule has 3 rings (SSSR count). The van der Waals surface area contributed by atoms with Crippen LogP contribution in [0.2, 0.25) is 0 Å². The summed E-state index contributed by atoms with van der Waals surface area (Å²) in [4.78, 5) is 11.9. The van der Waals surface area contributed by atoms with E-state index in [-0.39, 0.29) is 0 Å². The van der Waals surface area contributed by atoms with Crippen molar-refractivity contribution in [1.82, 2.24) is 5.32 Å². The zero-order valence-electron chi connectivity index (χ0n) is 11.8. The normalized spacial score (nSPS) is 20.2. The molecule has 1 heterocycles. The molecular formula is C16H19NO2S. The van der Waals surface area contributed by atoms with Gasteiger partial charge in [-0.1, -0.05) is 32.0 Å². The van der Waals surface area contributed by atoms with Crippen LogP contribution in [0.5, 0.6) is 0 Å². The van der Waals surface area contributed by atoms with Gasteiger partial charge in [0.25, 0.3) is 0 Å². The standard InChI is InChI=1S/C16H19NO2S/c1-16(2)7-10(16)8-17-9-12-11-5-3-4-6-13(11)20-14(12)15(18)19/h3-6,10,17H,7-9H2,1-2H3,(H,18,19). The summed E-state index contributed by atoms with van der Waals surface area (Å²) in [5.41, 5.74) is 1.39. The van der Waals surface area contributed by atoms with Gasteiger partial charge in [0.05, 0.1) is 0 Å². The van der Waals surface area contributed by atoms with Gasteiger partial charge in [-0.05, 0) is 41.3 Å². The molecule has 20 heavy (non-hydrogen) atoms. The molecule has 1 aliphatic rings. The van der Waals surface area contributed by atoms with Crippen molar-refractivity contribution in [3.05, 3.63) is 34.7 Å². The second kappa shape index (κ2) is 4.86. The van der Waals surface area contributed by atoms with Crippen LogP contribution in [0.3, 0.4) is 0 Å². The van der Waals surface area contributed by atoms with E-state index in [4.69, 9.17) is 0 Å². The third-order valence-corrected chi connectivity index (χ3v) is 5.50. The molecule has 1 aliphatic carbocycles. The van der Waals surface area contributed by atoms with Crippen LogP contribution >= 0.6 is 11.3 Å². The van der Waals surface area contributed by atoms with E-state index in [2.05, 4.69) is 19.2 Å². The van der Waals surface area contributed by atoms with Gasteiger partial charge in [0, 0.05) is 11.2 Å². The molecule has 2 aromatic rings. The first-order chi connectivity index (χ1) is 9.49. The Morgan fingerprint density at radius 1 is 1.45 bits per heavy atom. The Balaban J connectivity index is 1.79. The molecule has 1 aromatic carbocycles. The molecule has 1 unspecified atom stereocenters. The zero-order valence-corrected chi connectivity index (χ0v) is 12.6. The maximum absolute atomic E-state index is 11.4. The first-order valence-electron chi connectivity index (χ1n) is 6.93. The van der Waals surface area contributed by atoms with Crippen molar-refractivity contribution >= 4 is 27.4 Å². The van der Waals surface area contributed by atoms with Crippen LogP contribution in [0.1, 0.15) is 35.5 Å². The monoisotopic (exact) mass is 289 g/mol. The minimum Gasteiger partial charge on any atom is -0.477 e. The predicted molar refractivity (Wildman–Crippen MR) is 82.4 cm³/mol. The first kappa shape index (κ1) is 13.6. The predicted octanol–water partition coefficient (Wildman–Crippen LogP) is 3.74. The van der Waals surface area contributed by atoms with Crippen molar-refractivity contribution in [3.8, 4) is 0 Å². The van der Waals surface area contributed by atoms with Crippen LogP contribution in [0, 0.1) is 11.3 Å². The lowest BCUT2D eigenvalue weighted by Crippen LogP contribution is -2.19. The average Bonchev–Trinajstić information content (AvgIpc) is 2.84. The Kier molecular flexibility index (Phi) is 3.30. The maximum Gasteiger partial charge on any atom is 0.346 e. The Hall–Kier alpha value is -1.39. The van der Waals surface area contributed by atoms with Crippen LogP contribution in [-0.4, -0.2) is 17.6 Å². The zero-order chi connectivity index (χ0) is 14.3. The minimum atomic E-state index is -0.824. The average molecular weight is 289 g/mol. The number of hydrogen-bond acceptors (Lipinski definition) is 3. The van der Waals surface area contributed by atoms with Crippen molar-refractivity contribution in [2.45, 2.75) is 26.8 Å². The molecule has 106 valence electrons. The summed E-state index contributed by atoms with van der Waals surface area (Å²) in [5, 5.41) is 13.9. The number of thiophene rings is 1. The van der Waals surface area contributed by atoms with E-state index in [9.17, 15) is 9.90 Å². The molecule has 1 saturated carbocycles. The van der Waals surface area contributed by atoms with Gasteiger partial charge in [-0.2, -0.15) is 0 Å². The summed E-state index contributed by atoms with van der Waals surface area (Å²) in [6, 6.07) is 7.92. The van der Waals surface area contributed by atoms with Gasteiger partial charge in [-0.15, -0.1) is 11.3 Å². The number of carboxylic acid groups (broad SMARTS) is 1. The molecule has 2 N–H and O–H groups in total. The molecule has 1 atom stereocenters. The van der Waals surface area contributed by atoms with Crippen molar-refractivity contribution in [2.75, 3.05) is 6.54 Å². The van der Waals surface area contributed by atoms with E-state index >= 15 is 0 Å². The smallest absolute Gasteiger partial charge is 0.346 e. The first-order valence-corrected chi connectivity index (χ1v) is 7.75. The number of carbonyl (C=O) groups is 1. The van der Waals surface area contributed by atoms with Gasteiger partial charge in [0.1, 0.15) is 4.88 Å². The molecule has 1 aromatic heterocycles. The van der Waals surface area contributed by atoms with Gasteiger partial charge in [-0.3, -0.25) is 0 Å². The molecule has 0 bridgehead atoms. The Labute approximate surface area is 122 Å². The quantitative estimate of drug-likeness (QED) is 0.881. The Morgan fingerprint density at radius 3 is 2.80 bits per heavy atom. The van der Waals surface area contributed by atoms with E-state index in [1.807, 2.05) is 24.3 Å². The fourth-order valence-corrected chi connectivity index (χ4v) is 3.80. The van der Waals surface area contributed by atoms with E-state index < -0.39 is 5.97 Å². The van der Waals surface area contributed by atoms with Gasteiger partial charge >= 0.3 is 5.97 Å². The topological polar surface area (TPSA) is 49.3 Å². The van der Waals surface area contributed by atoms with Crippen LogP contribution in [0.15, 0.2) is 24.3 Å². The van der Waals surface area contributed by atoms with Crippen molar-refractivity contribution < 1.29 is 9.90 Å². The molecule has 0 radical (unpaired) electrons. The largest absolute Gasteiger partial charge is 0.477 e. The van der Waals surface area contributed by atoms with Gasteiger partial charge in [0.15, 0.2) is 0 Å². The minimum absolute atomic E-state index is 0.458. The van der Waals surface area contributed by atoms with Gasteiger partial charge in [0.2, 0.25) is 0 Å². The SMILES string of the molecule is CC1(C)CC1CNCc1c(C(=O)O)sc2ccccc12. The van der Waals surface area contributed by atoms with Crippen LogP contribution < -0.4 is 5.32 Å². The molecule has 3 nitrogen and oxygen atoms in total. The lowest BCUT2D eigenvalue weighted by molar-refractivity contribution is 0.0701. The lowest BCUT2D eigenvalue weighted by Gasteiger charge is -2.07. The van der Waals surface area contributed by atoms with E-state index in [0.717, 1.165) is 28.1 Å². The summed E-state index contributed by atoms with van der Waals surface area (Å²) in [5.74, 6) is -0.101. The lowest BCUT2D eigenvalue weighted by atomic mass is 10.1. The van der Waals surface area contributed by atoms with Crippen molar-refractivity contribution in [3.63, 3.8) is 0 Å². The highest BCUT2D eigenvalue weighted by Gasteiger charge is 2.44.